The molecule has 0 bridgehead atoms. The quantitative estimate of drug-likeness (QED) is 0.324. The maximum absolute atomic E-state index is 9.82. The Hall–Kier alpha value is -0.490. The van der Waals surface area contributed by atoms with Gasteiger partial charge in [0.1, 0.15) is 12.2 Å². The zero-order valence-corrected chi connectivity index (χ0v) is 5.34. The minimum Gasteiger partial charge on any atom is -0.395 e. The lowest BCUT2D eigenvalue weighted by molar-refractivity contribution is -0.121. The van der Waals surface area contributed by atoms with E-state index in [4.69, 9.17) is 21.1 Å². The van der Waals surface area contributed by atoms with Crippen LogP contribution in [-0.2, 0) is 4.79 Å². The van der Waals surface area contributed by atoms with Gasteiger partial charge in [0.2, 0.25) is 0 Å². The average molecular weight is 149 g/mol. The van der Waals surface area contributed by atoms with Crippen LogP contribution in [0.25, 0.3) is 0 Å². The van der Waals surface area contributed by atoms with Crippen LogP contribution in [0.1, 0.15) is 0 Å². The molecule has 0 aromatic heterocycles. The number of rotatable bonds is 4. The van der Waals surface area contributed by atoms with E-state index in [1.54, 1.807) is 0 Å². The molecule has 3 atom stereocenters. The fourth-order valence-corrected chi connectivity index (χ4v) is 0.442. The van der Waals surface area contributed by atoms with Gasteiger partial charge in [0, 0.05) is 0 Å². The molecule has 0 aliphatic rings. The fraction of sp³-hybridized carbons (Fsp3) is 0.800. The van der Waals surface area contributed by atoms with E-state index in [1.165, 1.54) is 0 Å². The summed E-state index contributed by atoms with van der Waals surface area (Å²) in [6, 6.07) is -0.972. The van der Waals surface area contributed by atoms with E-state index < -0.39 is 24.9 Å². The highest BCUT2D eigenvalue weighted by Crippen LogP contribution is 1.93. The Morgan fingerprint density at radius 1 is 1.50 bits per heavy atom. The molecule has 0 unspecified atom stereocenters. The average Bonchev–Trinajstić information content (AvgIpc) is 2.00. The van der Waals surface area contributed by atoms with Gasteiger partial charge in [-0.25, -0.2) is 0 Å². The van der Waals surface area contributed by atoms with Crippen LogP contribution in [0.2, 0.25) is 0 Å². The van der Waals surface area contributed by atoms with Crippen LogP contribution in [0.3, 0.4) is 0 Å². The van der Waals surface area contributed by atoms with Crippen molar-refractivity contribution in [1.82, 2.24) is 0 Å². The van der Waals surface area contributed by atoms with Gasteiger partial charge in [-0.1, -0.05) is 0 Å². The van der Waals surface area contributed by atoms with Crippen molar-refractivity contribution < 1.29 is 20.1 Å². The number of aliphatic hydroxyl groups excluding tert-OH is 3. The predicted molar refractivity (Wildman–Crippen MR) is 33.1 cm³/mol. The van der Waals surface area contributed by atoms with Crippen LogP contribution in [0, 0.1) is 0 Å². The molecule has 5 nitrogen and oxygen atoms in total. The molecule has 5 N–H and O–H groups in total. The maximum Gasteiger partial charge on any atom is 0.151 e. The van der Waals surface area contributed by atoms with Gasteiger partial charge >= 0.3 is 0 Å². The zero-order chi connectivity index (χ0) is 8.15. The molecular formula is C5H11NO4. The lowest BCUT2D eigenvalue weighted by Gasteiger charge is -2.17. The third-order valence-corrected chi connectivity index (χ3v) is 1.14. The summed E-state index contributed by atoms with van der Waals surface area (Å²) in [5.74, 6) is 0. The molecule has 60 valence electrons. The van der Waals surface area contributed by atoms with Gasteiger partial charge in [-0.15, -0.1) is 0 Å². The lowest BCUT2D eigenvalue weighted by atomic mass is 10.1. The predicted octanol–water partition coefficient (Wildman–Crippen LogP) is -2.77. The first kappa shape index (κ1) is 9.51. The standard InChI is InChI=1S/C5H11NO4/c6-3(1-7)5(10)4(9)2-8/h2-5,7,9-10H,1,6H2/t3-,4+,5-/m1/s1. The molecule has 0 fully saturated rings. The van der Waals surface area contributed by atoms with Crippen LogP contribution in [0.15, 0.2) is 0 Å². The van der Waals surface area contributed by atoms with Crippen molar-refractivity contribution in [3.8, 4) is 0 Å². The molecule has 10 heavy (non-hydrogen) atoms. The van der Waals surface area contributed by atoms with Gasteiger partial charge in [0.05, 0.1) is 12.6 Å². The highest BCUT2D eigenvalue weighted by molar-refractivity contribution is 5.56. The number of aliphatic hydroxyl groups is 3. The zero-order valence-electron chi connectivity index (χ0n) is 5.34. The van der Waals surface area contributed by atoms with E-state index in [1.807, 2.05) is 0 Å². The first-order chi connectivity index (χ1) is 4.63. The van der Waals surface area contributed by atoms with Crippen LogP contribution in [0.5, 0.6) is 0 Å². The highest BCUT2D eigenvalue weighted by atomic mass is 16.3. The smallest absolute Gasteiger partial charge is 0.151 e. The summed E-state index contributed by atoms with van der Waals surface area (Å²) in [7, 11) is 0. The van der Waals surface area contributed by atoms with Crippen molar-refractivity contribution in [1.29, 1.82) is 0 Å². The minimum absolute atomic E-state index is 0.167. The van der Waals surface area contributed by atoms with Crippen LogP contribution < -0.4 is 5.73 Å². The molecule has 0 heterocycles. The van der Waals surface area contributed by atoms with Crippen molar-refractivity contribution in [3.05, 3.63) is 0 Å². The number of hydrogen-bond acceptors (Lipinski definition) is 5. The Kier molecular flexibility index (Phi) is 4.13. The fourth-order valence-electron chi connectivity index (χ4n) is 0.442. The Labute approximate surface area is 58.1 Å². The highest BCUT2D eigenvalue weighted by Gasteiger charge is 2.21. The monoisotopic (exact) mass is 149 g/mol. The molecule has 0 aliphatic carbocycles. The van der Waals surface area contributed by atoms with Gasteiger partial charge in [0.15, 0.2) is 6.29 Å². The third kappa shape index (κ3) is 2.40. The number of carbonyl (C=O) groups excluding carboxylic acids is 1. The lowest BCUT2D eigenvalue weighted by Crippen LogP contribution is -2.45. The van der Waals surface area contributed by atoms with Gasteiger partial charge in [0.25, 0.3) is 0 Å². The molecule has 0 rings (SSSR count). The number of hydrogen-bond donors (Lipinski definition) is 4. The summed E-state index contributed by atoms with van der Waals surface area (Å²) in [5, 5.41) is 25.8. The molecule has 0 saturated heterocycles. The molecule has 0 spiro atoms. The number of aldehydes is 1. The van der Waals surface area contributed by atoms with E-state index in [0.717, 1.165) is 0 Å². The minimum atomic E-state index is -1.51. The Bertz CT molecular complexity index is 108. The van der Waals surface area contributed by atoms with Gasteiger partial charge in [-0.05, 0) is 0 Å². The molecule has 0 amide bonds. The second kappa shape index (κ2) is 4.35. The molecule has 0 aliphatic heterocycles. The maximum atomic E-state index is 9.82. The first-order valence-electron chi connectivity index (χ1n) is 2.81. The third-order valence-electron chi connectivity index (χ3n) is 1.14. The summed E-state index contributed by atoms with van der Waals surface area (Å²) >= 11 is 0. The summed E-state index contributed by atoms with van der Waals surface area (Å²) < 4.78 is 0. The normalized spacial score (nSPS) is 19.6. The topological polar surface area (TPSA) is 104 Å². The second-order valence-electron chi connectivity index (χ2n) is 1.96. The van der Waals surface area contributed by atoms with Crippen molar-refractivity contribution in [2.75, 3.05) is 6.61 Å². The summed E-state index contributed by atoms with van der Waals surface area (Å²) in [6.07, 6.45) is -2.73. The summed E-state index contributed by atoms with van der Waals surface area (Å²) in [4.78, 5) is 9.82. The van der Waals surface area contributed by atoms with Crippen LogP contribution in [0.4, 0.5) is 0 Å². The SMILES string of the molecule is N[C@H](CO)[C@@H](O)[C@@H](O)C=O. The molecule has 0 aromatic carbocycles. The van der Waals surface area contributed by atoms with E-state index >= 15 is 0 Å². The van der Waals surface area contributed by atoms with Crippen molar-refractivity contribution >= 4 is 6.29 Å². The Balaban J connectivity index is 3.80. The van der Waals surface area contributed by atoms with Crippen molar-refractivity contribution in [3.63, 3.8) is 0 Å². The number of carbonyl (C=O) groups is 1. The second-order valence-corrected chi connectivity index (χ2v) is 1.96. The summed E-state index contributed by atoms with van der Waals surface area (Å²) in [5.41, 5.74) is 5.07. The van der Waals surface area contributed by atoms with Crippen molar-refractivity contribution in [2.45, 2.75) is 18.2 Å². The number of nitrogens with two attached hydrogens (primary N) is 1. The van der Waals surface area contributed by atoms with Gasteiger partial charge in [-0.2, -0.15) is 0 Å². The van der Waals surface area contributed by atoms with E-state index in [9.17, 15) is 4.79 Å². The first-order valence-corrected chi connectivity index (χ1v) is 2.81. The molecule has 0 aromatic rings. The largest absolute Gasteiger partial charge is 0.395 e. The molecule has 0 saturated carbocycles. The van der Waals surface area contributed by atoms with Crippen LogP contribution in [-0.4, -0.2) is 46.5 Å². The van der Waals surface area contributed by atoms with Crippen molar-refractivity contribution in [2.24, 2.45) is 5.73 Å². The van der Waals surface area contributed by atoms with E-state index in [-0.39, 0.29) is 6.29 Å². The molecular weight excluding hydrogens is 138 g/mol. The Morgan fingerprint density at radius 3 is 2.30 bits per heavy atom. The molecule has 5 heteroatoms. The van der Waals surface area contributed by atoms with Crippen LogP contribution >= 0.6 is 0 Å². The van der Waals surface area contributed by atoms with Gasteiger partial charge < -0.3 is 25.8 Å². The molecule has 0 radical (unpaired) electrons. The van der Waals surface area contributed by atoms with E-state index in [0.29, 0.717) is 0 Å². The van der Waals surface area contributed by atoms with Gasteiger partial charge in [-0.3, -0.25) is 0 Å². The van der Waals surface area contributed by atoms with E-state index in [2.05, 4.69) is 0 Å². The Morgan fingerprint density at radius 2 is 2.00 bits per heavy atom. The summed E-state index contributed by atoms with van der Waals surface area (Å²) in [6.45, 7) is -0.466.